The molecule has 1 amide bonds. The largest absolute Gasteiger partial charge is 0.353 e. The van der Waals surface area contributed by atoms with E-state index in [1.165, 1.54) is 4.88 Å². The Labute approximate surface area is 130 Å². The van der Waals surface area contributed by atoms with E-state index in [0.717, 1.165) is 18.7 Å². The fourth-order valence-electron chi connectivity index (χ4n) is 2.20. The molecule has 1 N–H and O–H groups in total. The summed E-state index contributed by atoms with van der Waals surface area (Å²) in [5, 5.41) is 2.12. The van der Waals surface area contributed by atoms with Crippen molar-refractivity contribution in [1.82, 2.24) is 14.8 Å². The second-order valence-electron chi connectivity index (χ2n) is 5.64. The van der Waals surface area contributed by atoms with E-state index in [2.05, 4.69) is 41.4 Å². The Morgan fingerprint density at radius 3 is 2.67 bits per heavy atom. The molecule has 114 valence electrons. The van der Waals surface area contributed by atoms with Gasteiger partial charge in [0.2, 0.25) is 0 Å². The van der Waals surface area contributed by atoms with Crippen molar-refractivity contribution in [2.24, 2.45) is 0 Å². The molecule has 0 saturated carbocycles. The molecule has 2 aromatic rings. The first-order valence-electron chi connectivity index (χ1n) is 7.09. The first-order chi connectivity index (χ1) is 9.97. The number of hydrogen-bond acceptors (Lipinski definition) is 3. The lowest BCUT2D eigenvalue weighted by Crippen LogP contribution is -2.30. The van der Waals surface area contributed by atoms with Crippen molar-refractivity contribution in [2.75, 3.05) is 21.1 Å². The van der Waals surface area contributed by atoms with Crippen LogP contribution >= 0.6 is 11.3 Å². The summed E-state index contributed by atoms with van der Waals surface area (Å²) >= 11 is 1.80. The third-order valence-electron chi connectivity index (χ3n) is 3.63. The molecule has 2 aromatic heterocycles. The Morgan fingerprint density at radius 2 is 2.05 bits per heavy atom. The van der Waals surface area contributed by atoms with E-state index in [0.29, 0.717) is 11.7 Å². The van der Waals surface area contributed by atoms with Gasteiger partial charge >= 0.3 is 0 Å². The average Bonchev–Trinajstić information content (AvgIpc) is 3.09. The van der Waals surface area contributed by atoms with Gasteiger partial charge in [0.25, 0.3) is 5.91 Å². The van der Waals surface area contributed by atoms with Crippen LogP contribution in [-0.4, -0.2) is 47.9 Å². The van der Waals surface area contributed by atoms with Crippen molar-refractivity contribution in [2.45, 2.75) is 25.9 Å². The molecule has 0 aliphatic carbocycles. The minimum atomic E-state index is 0.00976. The Morgan fingerprint density at radius 1 is 1.29 bits per heavy atom. The summed E-state index contributed by atoms with van der Waals surface area (Å²) in [5.74, 6) is 0.00976. The number of H-pyrrole nitrogens is 1. The topological polar surface area (TPSA) is 39.3 Å². The zero-order valence-corrected chi connectivity index (χ0v) is 13.9. The summed E-state index contributed by atoms with van der Waals surface area (Å²) in [6, 6.07) is 8.58. The molecule has 0 bridgehead atoms. The maximum atomic E-state index is 11.9. The first kappa shape index (κ1) is 15.8. The minimum Gasteiger partial charge on any atom is -0.353 e. The molecule has 1 atom stereocenters. The van der Waals surface area contributed by atoms with Gasteiger partial charge in [0.05, 0.1) is 0 Å². The van der Waals surface area contributed by atoms with Crippen LogP contribution in [0.2, 0.25) is 0 Å². The summed E-state index contributed by atoms with van der Waals surface area (Å²) in [6.45, 7) is 3.04. The molecule has 0 aromatic carbocycles. The molecule has 0 spiro atoms. The number of amides is 1. The third kappa shape index (κ3) is 4.19. The van der Waals surface area contributed by atoms with E-state index >= 15 is 0 Å². The Bertz CT molecular complexity index is 574. The molecular weight excluding hydrogens is 282 g/mol. The molecule has 2 rings (SSSR count). The number of aromatic nitrogens is 1. The van der Waals surface area contributed by atoms with Gasteiger partial charge in [-0.2, -0.15) is 0 Å². The second-order valence-corrected chi connectivity index (χ2v) is 6.68. The number of hydrogen-bond donors (Lipinski definition) is 1. The van der Waals surface area contributed by atoms with Gasteiger partial charge in [-0.25, -0.2) is 0 Å². The van der Waals surface area contributed by atoms with Crippen molar-refractivity contribution in [1.29, 1.82) is 0 Å². The van der Waals surface area contributed by atoms with Crippen LogP contribution < -0.4 is 0 Å². The SMILES string of the molecule is C[C@H](Cc1cccs1)N(C)Cc1ccc(C(=O)N(C)C)[nH]1. The van der Waals surface area contributed by atoms with Gasteiger partial charge in [-0.3, -0.25) is 9.69 Å². The van der Waals surface area contributed by atoms with E-state index < -0.39 is 0 Å². The number of nitrogens with one attached hydrogen (secondary N) is 1. The molecule has 2 heterocycles. The predicted molar refractivity (Wildman–Crippen MR) is 87.8 cm³/mol. The van der Waals surface area contributed by atoms with Gasteiger partial charge in [0, 0.05) is 37.3 Å². The number of carbonyl (C=O) groups excluding carboxylic acids is 1. The fraction of sp³-hybridized carbons (Fsp3) is 0.438. The number of rotatable bonds is 6. The van der Waals surface area contributed by atoms with Crippen molar-refractivity contribution < 1.29 is 4.79 Å². The summed E-state index contributed by atoms with van der Waals surface area (Å²) in [5.41, 5.74) is 1.72. The highest BCUT2D eigenvalue weighted by Gasteiger charge is 2.14. The van der Waals surface area contributed by atoms with Crippen LogP contribution in [-0.2, 0) is 13.0 Å². The molecule has 0 saturated heterocycles. The average molecular weight is 305 g/mol. The number of aromatic amines is 1. The molecule has 0 unspecified atom stereocenters. The van der Waals surface area contributed by atoms with Crippen molar-refractivity contribution >= 4 is 17.2 Å². The van der Waals surface area contributed by atoms with Gasteiger partial charge in [-0.05, 0) is 44.0 Å². The number of likely N-dealkylation sites (N-methyl/N-ethyl adjacent to an activating group) is 1. The summed E-state index contributed by atoms with van der Waals surface area (Å²) < 4.78 is 0. The third-order valence-corrected chi connectivity index (χ3v) is 4.53. The quantitative estimate of drug-likeness (QED) is 0.891. The van der Waals surface area contributed by atoms with Gasteiger partial charge in [0.1, 0.15) is 5.69 Å². The number of carbonyl (C=O) groups is 1. The van der Waals surface area contributed by atoms with Crippen LogP contribution in [0.1, 0.15) is 28.0 Å². The molecule has 0 aliphatic rings. The number of nitrogens with zero attached hydrogens (tertiary/aromatic N) is 2. The van der Waals surface area contributed by atoms with Gasteiger partial charge in [0.15, 0.2) is 0 Å². The highest BCUT2D eigenvalue weighted by Crippen LogP contribution is 2.15. The predicted octanol–water partition coefficient (Wildman–Crippen LogP) is 2.84. The monoisotopic (exact) mass is 305 g/mol. The van der Waals surface area contributed by atoms with E-state index in [9.17, 15) is 4.79 Å². The lowest BCUT2D eigenvalue weighted by molar-refractivity contribution is 0.0822. The number of thiophene rings is 1. The van der Waals surface area contributed by atoms with Crippen LogP contribution in [0.4, 0.5) is 0 Å². The Hall–Kier alpha value is -1.59. The van der Waals surface area contributed by atoms with Gasteiger partial charge in [-0.15, -0.1) is 11.3 Å². The van der Waals surface area contributed by atoms with Gasteiger partial charge in [-0.1, -0.05) is 6.07 Å². The van der Waals surface area contributed by atoms with Crippen molar-refractivity contribution in [3.05, 3.63) is 45.9 Å². The van der Waals surface area contributed by atoms with Crippen LogP contribution in [0, 0.1) is 0 Å². The van der Waals surface area contributed by atoms with E-state index in [1.807, 2.05) is 12.1 Å². The van der Waals surface area contributed by atoms with E-state index in [-0.39, 0.29) is 5.91 Å². The maximum absolute atomic E-state index is 11.9. The zero-order valence-electron chi connectivity index (χ0n) is 13.1. The van der Waals surface area contributed by atoms with Crippen molar-refractivity contribution in [3.63, 3.8) is 0 Å². The van der Waals surface area contributed by atoms with E-state index in [4.69, 9.17) is 0 Å². The van der Waals surface area contributed by atoms with Crippen LogP contribution in [0.3, 0.4) is 0 Å². The zero-order chi connectivity index (χ0) is 15.4. The van der Waals surface area contributed by atoms with Crippen LogP contribution in [0.15, 0.2) is 29.6 Å². The highest BCUT2D eigenvalue weighted by atomic mass is 32.1. The molecular formula is C16H23N3OS. The molecule has 0 aliphatic heterocycles. The van der Waals surface area contributed by atoms with Crippen LogP contribution in [0.25, 0.3) is 0 Å². The molecule has 21 heavy (non-hydrogen) atoms. The van der Waals surface area contributed by atoms with Crippen molar-refractivity contribution in [3.8, 4) is 0 Å². The summed E-state index contributed by atoms with van der Waals surface area (Å²) in [4.78, 5) is 20.4. The first-order valence-corrected chi connectivity index (χ1v) is 7.97. The summed E-state index contributed by atoms with van der Waals surface area (Å²) in [7, 11) is 5.64. The second kappa shape index (κ2) is 6.91. The van der Waals surface area contributed by atoms with E-state index in [1.54, 1.807) is 30.3 Å². The molecule has 0 fully saturated rings. The lowest BCUT2D eigenvalue weighted by Gasteiger charge is -2.23. The molecule has 4 nitrogen and oxygen atoms in total. The highest BCUT2D eigenvalue weighted by molar-refractivity contribution is 7.09. The smallest absolute Gasteiger partial charge is 0.269 e. The molecule has 5 heteroatoms. The minimum absolute atomic E-state index is 0.00976. The Balaban J connectivity index is 1.93. The summed E-state index contributed by atoms with van der Waals surface area (Å²) in [6.07, 6.45) is 1.05. The van der Waals surface area contributed by atoms with Crippen LogP contribution in [0.5, 0.6) is 0 Å². The molecule has 0 radical (unpaired) electrons. The maximum Gasteiger partial charge on any atom is 0.269 e. The fourth-order valence-corrected chi connectivity index (χ4v) is 3.02. The lowest BCUT2D eigenvalue weighted by atomic mass is 10.2. The normalized spacial score (nSPS) is 12.6. The van der Waals surface area contributed by atoms with Gasteiger partial charge < -0.3 is 9.88 Å². The Kier molecular flexibility index (Phi) is 5.20. The standard InChI is InChI=1S/C16H23N3OS/c1-12(10-14-6-5-9-21-14)19(4)11-13-7-8-15(17-13)16(20)18(2)3/h5-9,12,17H,10-11H2,1-4H3/t12-/m1/s1.